The van der Waals surface area contributed by atoms with E-state index in [1.165, 1.54) is 36.8 Å². The highest BCUT2D eigenvalue weighted by atomic mass is 19.1. The van der Waals surface area contributed by atoms with E-state index in [4.69, 9.17) is 0 Å². The van der Waals surface area contributed by atoms with Crippen molar-refractivity contribution >= 4 is 0 Å². The lowest BCUT2D eigenvalue weighted by Gasteiger charge is -2.25. The van der Waals surface area contributed by atoms with Crippen molar-refractivity contribution in [1.82, 2.24) is 5.32 Å². The van der Waals surface area contributed by atoms with Gasteiger partial charge in [-0.2, -0.15) is 0 Å². The summed E-state index contributed by atoms with van der Waals surface area (Å²) >= 11 is 0. The smallest absolute Gasteiger partial charge is 0.123 e. The van der Waals surface area contributed by atoms with E-state index in [1.54, 1.807) is 12.1 Å². The van der Waals surface area contributed by atoms with Crippen molar-refractivity contribution in [3.05, 3.63) is 35.1 Å². The summed E-state index contributed by atoms with van der Waals surface area (Å²) in [4.78, 5) is 0. The molecular formula is C19H30FN. The molecule has 0 aromatic heterocycles. The van der Waals surface area contributed by atoms with Crippen LogP contribution in [0.5, 0.6) is 0 Å². The van der Waals surface area contributed by atoms with E-state index < -0.39 is 0 Å². The Hall–Kier alpha value is -0.890. The van der Waals surface area contributed by atoms with E-state index in [-0.39, 0.29) is 5.82 Å². The highest BCUT2D eigenvalue weighted by molar-refractivity contribution is 5.27. The maximum atomic E-state index is 13.5. The molecule has 0 saturated heterocycles. The van der Waals surface area contributed by atoms with Gasteiger partial charge in [0, 0.05) is 0 Å². The third kappa shape index (κ3) is 5.10. The van der Waals surface area contributed by atoms with E-state index in [9.17, 15) is 4.39 Å². The Balaban J connectivity index is 2.01. The van der Waals surface area contributed by atoms with Gasteiger partial charge in [-0.15, -0.1) is 0 Å². The average molecular weight is 291 g/mol. The van der Waals surface area contributed by atoms with Crippen LogP contribution in [0, 0.1) is 30.5 Å². The molecule has 1 fully saturated rings. The SMILES string of the molecule is Cc1ccc(F)cc1CC(CNCC(C)C)C1CCCC1. The summed E-state index contributed by atoms with van der Waals surface area (Å²) in [6.07, 6.45) is 6.45. The number of halogens is 1. The molecule has 0 bridgehead atoms. The van der Waals surface area contributed by atoms with Gasteiger partial charge >= 0.3 is 0 Å². The topological polar surface area (TPSA) is 12.0 Å². The second-order valence-corrected chi connectivity index (χ2v) is 7.13. The summed E-state index contributed by atoms with van der Waals surface area (Å²) in [5.74, 6) is 2.04. The summed E-state index contributed by atoms with van der Waals surface area (Å²) in [7, 11) is 0. The van der Waals surface area contributed by atoms with E-state index in [0.717, 1.165) is 25.4 Å². The fourth-order valence-electron chi connectivity index (χ4n) is 3.53. The highest BCUT2D eigenvalue weighted by Gasteiger charge is 2.25. The van der Waals surface area contributed by atoms with Crippen molar-refractivity contribution < 1.29 is 4.39 Å². The normalized spacial score (nSPS) is 17.6. The average Bonchev–Trinajstić information content (AvgIpc) is 2.95. The first-order chi connectivity index (χ1) is 10.1. The lowest BCUT2D eigenvalue weighted by atomic mass is 9.84. The molecule has 1 aromatic rings. The molecule has 0 spiro atoms. The van der Waals surface area contributed by atoms with Gasteiger partial charge in [0.15, 0.2) is 0 Å². The van der Waals surface area contributed by atoms with E-state index in [2.05, 4.69) is 26.1 Å². The molecule has 2 rings (SSSR count). The van der Waals surface area contributed by atoms with Crippen molar-refractivity contribution in [2.45, 2.75) is 52.9 Å². The first-order valence-electron chi connectivity index (χ1n) is 8.52. The van der Waals surface area contributed by atoms with Crippen LogP contribution in [0.2, 0.25) is 0 Å². The number of aryl methyl sites for hydroxylation is 1. The molecule has 21 heavy (non-hydrogen) atoms. The minimum Gasteiger partial charge on any atom is -0.316 e. The zero-order chi connectivity index (χ0) is 15.2. The molecule has 2 heteroatoms. The summed E-state index contributed by atoms with van der Waals surface area (Å²) in [6.45, 7) is 8.73. The maximum absolute atomic E-state index is 13.5. The van der Waals surface area contributed by atoms with E-state index in [1.807, 2.05) is 6.07 Å². The first-order valence-corrected chi connectivity index (χ1v) is 8.52. The van der Waals surface area contributed by atoms with Gasteiger partial charge in [0.1, 0.15) is 5.82 Å². The van der Waals surface area contributed by atoms with Crippen molar-refractivity contribution in [2.75, 3.05) is 13.1 Å². The zero-order valence-electron chi connectivity index (χ0n) is 13.8. The second-order valence-electron chi connectivity index (χ2n) is 7.13. The molecule has 1 atom stereocenters. The molecular weight excluding hydrogens is 261 g/mol. The van der Waals surface area contributed by atoms with E-state index >= 15 is 0 Å². The predicted molar refractivity (Wildman–Crippen MR) is 88.0 cm³/mol. The Labute approximate surface area is 129 Å². The number of rotatable bonds is 7. The first kappa shape index (κ1) is 16.5. The van der Waals surface area contributed by atoms with Crippen LogP contribution in [0.15, 0.2) is 18.2 Å². The van der Waals surface area contributed by atoms with Crippen LogP contribution in [0.25, 0.3) is 0 Å². The van der Waals surface area contributed by atoms with Crippen LogP contribution in [0.1, 0.15) is 50.7 Å². The Bertz CT molecular complexity index is 435. The molecule has 1 aliphatic carbocycles. The standard InChI is InChI=1S/C19H30FN/c1-14(2)12-21-13-18(16-6-4-5-7-16)10-17-11-19(20)9-8-15(17)3/h8-9,11,14,16,18,21H,4-7,10,12-13H2,1-3H3. The molecule has 0 amide bonds. The number of hydrogen-bond donors (Lipinski definition) is 1. The zero-order valence-corrected chi connectivity index (χ0v) is 13.8. The number of benzene rings is 1. The van der Waals surface area contributed by atoms with Gasteiger partial charge < -0.3 is 5.32 Å². The van der Waals surface area contributed by atoms with Gasteiger partial charge in [-0.05, 0) is 67.4 Å². The Morgan fingerprint density at radius 3 is 2.57 bits per heavy atom. The third-order valence-corrected chi connectivity index (χ3v) is 4.82. The van der Waals surface area contributed by atoms with Gasteiger partial charge in [-0.25, -0.2) is 4.39 Å². The molecule has 0 aliphatic heterocycles. The fraction of sp³-hybridized carbons (Fsp3) is 0.684. The van der Waals surface area contributed by atoms with Crippen LogP contribution in [-0.4, -0.2) is 13.1 Å². The van der Waals surface area contributed by atoms with Gasteiger partial charge in [0.25, 0.3) is 0 Å². The number of hydrogen-bond acceptors (Lipinski definition) is 1. The molecule has 1 saturated carbocycles. The quantitative estimate of drug-likeness (QED) is 0.766. The fourth-order valence-corrected chi connectivity index (χ4v) is 3.53. The van der Waals surface area contributed by atoms with Gasteiger partial charge in [0.2, 0.25) is 0 Å². The molecule has 1 nitrogen and oxygen atoms in total. The second kappa shape index (κ2) is 7.93. The lowest BCUT2D eigenvalue weighted by Crippen LogP contribution is -2.31. The van der Waals surface area contributed by atoms with Crippen LogP contribution in [0.4, 0.5) is 4.39 Å². The predicted octanol–water partition coefficient (Wildman–Crippen LogP) is 4.73. The van der Waals surface area contributed by atoms with Crippen molar-refractivity contribution in [3.8, 4) is 0 Å². The molecule has 1 aromatic carbocycles. The minimum atomic E-state index is -0.101. The molecule has 0 heterocycles. The van der Waals surface area contributed by atoms with E-state index in [0.29, 0.717) is 11.8 Å². The van der Waals surface area contributed by atoms with Crippen LogP contribution >= 0.6 is 0 Å². The van der Waals surface area contributed by atoms with Crippen molar-refractivity contribution in [1.29, 1.82) is 0 Å². The monoisotopic (exact) mass is 291 g/mol. The van der Waals surface area contributed by atoms with Crippen LogP contribution in [0.3, 0.4) is 0 Å². The van der Waals surface area contributed by atoms with Gasteiger partial charge in [0.05, 0.1) is 0 Å². The summed E-state index contributed by atoms with van der Waals surface area (Å²) in [5.41, 5.74) is 2.42. The largest absolute Gasteiger partial charge is 0.316 e. The summed E-state index contributed by atoms with van der Waals surface area (Å²) in [6, 6.07) is 5.22. The van der Waals surface area contributed by atoms with Crippen molar-refractivity contribution in [3.63, 3.8) is 0 Å². The molecule has 0 radical (unpaired) electrons. The third-order valence-electron chi connectivity index (χ3n) is 4.82. The molecule has 1 N–H and O–H groups in total. The lowest BCUT2D eigenvalue weighted by molar-refractivity contribution is 0.315. The Morgan fingerprint density at radius 1 is 1.19 bits per heavy atom. The summed E-state index contributed by atoms with van der Waals surface area (Å²) < 4.78 is 13.5. The number of nitrogens with one attached hydrogen (secondary N) is 1. The molecule has 118 valence electrons. The van der Waals surface area contributed by atoms with Crippen LogP contribution in [-0.2, 0) is 6.42 Å². The van der Waals surface area contributed by atoms with Gasteiger partial charge in [-0.3, -0.25) is 0 Å². The Kier molecular flexibility index (Phi) is 6.22. The summed E-state index contributed by atoms with van der Waals surface area (Å²) in [5, 5.41) is 3.62. The van der Waals surface area contributed by atoms with Gasteiger partial charge in [-0.1, -0.05) is 45.6 Å². The molecule has 1 aliphatic rings. The molecule has 1 unspecified atom stereocenters. The Morgan fingerprint density at radius 2 is 1.90 bits per heavy atom. The van der Waals surface area contributed by atoms with Crippen LogP contribution < -0.4 is 5.32 Å². The minimum absolute atomic E-state index is 0.101. The van der Waals surface area contributed by atoms with Crippen molar-refractivity contribution in [2.24, 2.45) is 17.8 Å². The maximum Gasteiger partial charge on any atom is 0.123 e. The highest BCUT2D eigenvalue weighted by Crippen LogP contribution is 2.33.